The lowest BCUT2D eigenvalue weighted by atomic mass is 10.2. The van der Waals surface area contributed by atoms with Gasteiger partial charge >= 0.3 is 5.97 Å². The molecule has 0 saturated carbocycles. The molecule has 0 unspecified atom stereocenters. The molecule has 0 aliphatic heterocycles. The van der Waals surface area contributed by atoms with Crippen molar-refractivity contribution in [3.05, 3.63) is 39.0 Å². The number of hydrogen-bond donors (Lipinski definition) is 1. The van der Waals surface area contributed by atoms with Gasteiger partial charge in [0.1, 0.15) is 0 Å². The zero-order chi connectivity index (χ0) is 12.7. The lowest BCUT2D eigenvalue weighted by Gasteiger charge is -1.97. The molecule has 1 aromatic rings. The normalized spacial score (nSPS) is 8.76. The molecule has 0 atom stereocenters. The summed E-state index contributed by atoms with van der Waals surface area (Å²) in [4.78, 5) is 16.9. The highest BCUT2D eigenvalue weighted by Crippen LogP contribution is 2.14. The molecular formula is C10H7ClN4O2. The largest absolute Gasteiger partial charge is 0.476 e. The van der Waals surface area contributed by atoms with Gasteiger partial charge < -0.3 is 5.11 Å². The molecule has 7 heteroatoms. The number of carboxylic acids is 1. The Morgan fingerprint density at radius 1 is 1.71 bits per heavy atom. The van der Waals surface area contributed by atoms with Crippen LogP contribution in [0.15, 0.2) is 17.4 Å². The molecule has 1 heterocycles. The average Bonchev–Trinajstić information content (AvgIpc) is 2.28. The Morgan fingerprint density at radius 3 is 3.06 bits per heavy atom. The van der Waals surface area contributed by atoms with Crippen molar-refractivity contribution < 1.29 is 9.90 Å². The van der Waals surface area contributed by atoms with E-state index in [9.17, 15) is 4.79 Å². The maximum atomic E-state index is 10.6. The number of carbonyl (C=O) groups is 1. The van der Waals surface area contributed by atoms with Gasteiger partial charge in [-0.15, -0.1) is 0 Å². The molecule has 17 heavy (non-hydrogen) atoms. The number of halogens is 1. The van der Waals surface area contributed by atoms with Crippen molar-refractivity contribution in [1.82, 2.24) is 4.98 Å². The summed E-state index contributed by atoms with van der Waals surface area (Å²) in [5.41, 5.74) is 8.34. The molecule has 0 aliphatic rings. The van der Waals surface area contributed by atoms with Crippen molar-refractivity contribution in [1.29, 1.82) is 0 Å². The van der Waals surface area contributed by atoms with Gasteiger partial charge in [-0.2, -0.15) is 0 Å². The van der Waals surface area contributed by atoms with Crippen LogP contribution in [-0.2, 0) is 0 Å². The van der Waals surface area contributed by atoms with E-state index in [1.54, 1.807) is 0 Å². The smallest absolute Gasteiger partial charge is 0.356 e. The van der Waals surface area contributed by atoms with Gasteiger partial charge in [0.2, 0.25) is 0 Å². The molecule has 0 fully saturated rings. The van der Waals surface area contributed by atoms with Crippen LogP contribution in [0.2, 0.25) is 5.02 Å². The van der Waals surface area contributed by atoms with Crippen molar-refractivity contribution in [2.24, 2.45) is 5.11 Å². The number of aromatic carboxylic acids is 1. The lowest BCUT2D eigenvalue weighted by Crippen LogP contribution is -2.01. The van der Waals surface area contributed by atoms with Crippen molar-refractivity contribution in [2.75, 3.05) is 6.54 Å². The van der Waals surface area contributed by atoms with E-state index in [0.29, 0.717) is 12.0 Å². The molecule has 0 spiro atoms. The first-order valence-electron chi connectivity index (χ1n) is 4.53. The van der Waals surface area contributed by atoms with Gasteiger partial charge in [-0.3, -0.25) is 0 Å². The SMILES string of the molecule is [N-]=[N+]=NCCC#Cc1cnc(C(=O)O)c(Cl)c1. The van der Waals surface area contributed by atoms with Crippen LogP contribution < -0.4 is 0 Å². The lowest BCUT2D eigenvalue weighted by molar-refractivity contribution is 0.0690. The first kappa shape index (κ1) is 12.8. The molecule has 1 rings (SSSR count). The van der Waals surface area contributed by atoms with Crippen LogP contribution in [0.25, 0.3) is 10.4 Å². The zero-order valence-corrected chi connectivity index (χ0v) is 9.35. The first-order valence-corrected chi connectivity index (χ1v) is 4.91. The number of pyridine rings is 1. The first-order chi connectivity index (χ1) is 8.15. The Hall–Kier alpha value is -2.22. The molecule has 86 valence electrons. The summed E-state index contributed by atoms with van der Waals surface area (Å²) >= 11 is 5.71. The minimum Gasteiger partial charge on any atom is -0.476 e. The highest BCUT2D eigenvalue weighted by atomic mass is 35.5. The van der Waals surface area contributed by atoms with E-state index in [-0.39, 0.29) is 17.3 Å². The molecule has 6 nitrogen and oxygen atoms in total. The maximum Gasteiger partial charge on any atom is 0.356 e. The molecule has 0 saturated heterocycles. The van der Waals surface area contributed by atoms with Crippen molar-refractivity contribution >= 4 is 17.6 Å². The third kappa shape index (κ3) is 4.03. The van der Waals surface area contributed by atoms with Crippen LogP contribution in [0.3, 0.4) is 0 Å². The third-order valence-electron chi connectivity index (χ3n) is 1.68. The average molecular weight is 251 g/mol. The predicted octanol–water partition coefficient (Wildman–Crippen LogP) is 2.49. The highest BCUT2D eigenvalue weighted by molar-refractivity contribution is 6.33. The minimum absolute atomic E-state index is 0.0411. The monoisotopic (exact) mass is 250 g/mol. The topological polar surface area (TPSA) is 99.0 Å². The van der Waals surface area contributed by atoms with Crippen molar-refractivity contribution in [3.8, 4) is 11.8 Å². The number of azide groups is 1. The van der Waals surface area contributed by atoms with E-state index in [4.69, 9.17) is 22.2 Å². The van der Waals surface area contributed by atoms with Crippen molar-refractivity contribution in [2.45, 2.75) is 6.42 Å². The molecule has 0 aliphatic carbocycles. The van der Waals surface area contributed by atoms with E-state index >= 15 is 0 Å². The Kier molecular flexibility index (Phi) is 4.82. The Morgan fingerprint density at radius 2 is 2.47 bits per heavy atom. The molecular weight excluding hydrogens is 244 g/mol. The number of rotatable bonds is 3. The quantitative estimate of drug-likeness (QED) is 0.293. The molecule has 0 radical (unpaired) electrons. The van der Waals surface area contributed by atoms with Crippen LogP contribution in [0.5, 0.6) is 0 Å². The van der Waals surface area contributed by atoms with Gasteiger partial charge in [0.25, 0.3) is 0 Å². The molecule has 0 bridgehead atoms. The van der Waals surface area contributed by atoms with Gasteiger partial charge in [0, 0.05) is 29.6 Å². The Labute approximate surface area is 102 Å². The molecule has 1 N–H and O–H groups in total. The number of nitrogens with zero attached hydrogens (tertiary/aromatic N) is 4. The van der Waals surface area contributed by atoms with Crippen LogP contribution >= 0.6 is 11.6 Å². The summed E-state index contributed by atoms with van der Waals surface area (Å²) in [5.74, 6) is 4.31. The third-order valence-corrected chi connectivity index (χ3v) is 1.96. The highest BCUT2D eigenvalue weighted by Gasteiger charge is 2.09. The molecule has 0 amide bonds. The summed E-state index contributed by atoms with van der Waals surface area (Å²) in [6.07, 6.45) is 1.75. The summed E-state index contributed by atoms with van der Waals surface area (Å²) in [5, 5.41) is 12.1. The number of aromatic nitrogens is 1. The second kappa shape index (κ2) is 6.38. The second-order valence-corrected chi connectivity index (χ2v) is 3.27. The summed E-state index contributed by atoms with van der Waals surface area (Å²) in [6, 6.07) is 1.43. The zero-order valence-electron chi connectivity index (χ0n) is 8.59. The van der Waals surface area contributed by atoms with E-state index in [2.05, 4.69) is 26.9 Å². The fourth-order valence-corrected chi connectivity index (χ4v) is 1.23. The maximum absolute atomic E-state index is 10.6. The fourth-order valence-electron chi connectivity index (χ4n) is 0.979. The van der Waals surface area contributed by atoms with Gasteiger partial charge in [0.15, 0.2) is 5.69 Å². The van der Waals surface area contributed by atoms with Crippen LogP contribution in [0, 0.1) is 11.8 Å². The van der Waals surface area contributed by atoms with Gasteiger partial charge in [0.05, 0.1) is 5.02 Å². The Balaban J connectivity index is 2.77. The van der Waals surface area contributed by atoms with Gasteiger partial charge in [-0.1, -0.05) is 28.6 Å². The summed E-state index contributed by atoms with van der Waals surface area (Å²) in [7, 11) is 0. The van der Waals surface area contributed by atoms with Gasteiger partial charge in [-0.05, 0) is 11.6 Å². The van der Waals surface area contributed by atoms with Crippen LogP contribution in [0.4, 0.5) is 0 Å². The standard InChI is InChI=1S/C10H7ClN4O2/c11-8-5-7(3-1-2-4-14-15-12)6-13-9(8)10(16)17/h5-6H,2,4H2,(H,16,17). The van der Waals surface area contributed by atoms with E-state index < -0.39 is 5.97 Å². The van der Waals surface area contributed by atoms with Crippen LogP contribution in [0.1, 0.15) is 22.5 Å². The minimum atomic E-state index is -1.18. The van der Waals surface area contributed by atoms with E-state index in [1.165, 1.54) is 12.3 Å². The number of hydrogen-bond acceptors (Lipinski definition) is 3. The Bertz CT molecular complexity index is 541. The number of carboxylic acid groups (broad SMARTS) is 1. The van der Waals surface area contributed by atoms with E-state index in [1.807, 2.05) is 0 Å². The molecule has 0 aromatic carbocycles. The van der Waals surface area contributed by atoms with Gasteiger partial charge in [-0.25, -0.2) is 9.78 Å². The predicted molar refractivity (Wildman–Crippen MR) is 61.7 cm³/mol. The molecule has 1 aromatic heterocycles. The van der Waals surface area contributed by atoms with Crippen molar-refractivity contribution in [3.63, 3.8) is 0 Å². The van der Waals surface area contributed by atoms with E-state index in [0.717, 1.165) is 0 Å². The fraction of sp³-hybridized carbons (Fsp3) is 0.200. The summed E-state index contributed by atoms with van der Waals surface area (Å²) in [6.45, 7) is 0.290. The van der Waals surface area contributed by atoms with Crippen LogP contribution in [-0.4, -0.2) is 22.6 Å². The second-order valence-electron chi connectivity index (χ2n) is 2.87. The summed E-state index contributed by atoms with van der Waals surface area (Å²) < 4.78 is 0.